The second-order valence-corrected chi connectivity index (χ2v) is 2.63. The molecule has 0 aliphatic carbocycles. The van der Waals surface area contributed by atoms with Crippen molar-refractivity contribution >= 4 is 28.9 Å². The number of imidazole rings is 1. The summed E-state index contributed by atoms with van der Waals surface area (Å²) >= 11 is 5.64. The topological polar surface area (TPSA) is 58.6 Å². The van der Waals surface area contributed by atoms with Gasteiger partial charge in [0.25, 0.3) is 0 Å². The third-order valence-electron chi connectivity index (χ3n) is 1.51. The number of carbonyl (C=O) groups is 1. The average molecular weight is 182 g/mol. The monoisotopic (exact) mass is 181 g/mol. The summed E-state index contributed by atoms with van der Waals surface area (Å²) in [4.78, 5) is 21.1. The summed E-state index contributed by atoms with van der Waals surface area (Å²) in [5, 5.41) is 0.286. The van der Waals surface area contributed by atoms with Crippen LogP contribution in [0.15, 0.2) is 12.4 Å². The zero-order valence-electron chi connectivity index (χ0n) is 5.91. The van der Waals surface area contributed by atoms with Crippen molar-refractivity contribution in [1.29, 1.82) is 0 Å². The van der Waals surface area contributed by atoms with Gasteiger partial charge in [-0.05, 0) is 0 Å². The second kappa shape index (κ2) is 2.57. The van der Waals surface area contributed by atoms with Gasteiger partial charge in [0, 0.05) is 6.07 Å². The van der Waals surface area contributed by atoms with E-state index in [1.807, 2.05) is 0 Å². The Bertz CT molecular complexity index is 437. The van der Waals surface area contributed by atoms with Crippen LogP contribution in [0.4, 0.5) is 0 Å². The summed E-state index contributed by atoms with van der Waals surface area (Å²) in [7, 11) is 0. The molecule has 4 nitrogen and oxygen atoms in total. The quantitative estimate of drug-likeness (QED) is 0.535. The predicted molar refractivity (Wildman–Crippen MR) is 44.3 cm³/mol. The molecular weight excluding hydrogens is 178 g/mol. The SMILES string of the molecule is O=Cc1nc(Cl)cc2[nH]cnc12. The summed E-state index contributed by atoms with van der Waals surface area (Å²) in [6.45, 7) is 0. The Labute approximate surface area is 72.6 Å². The molecule has 0 unspecified atom stereocenters. The number of aldehydes is 1. The van der Waals surface area contributed by atoms with Crippen LogP contribution in [0.3, 0.4) is 0 Å². The third-order valence-corrected chi connectivity index (χ3v) is 1.71. The van der Waals surface area contributed by atoms with E-state index < -0.39 is 0 Å². The van der Waals surface area contributed by atoms with Crippen molar-refractivity contribution in [1.82, 2.24) is 15.0 Å². The normalized spacial score (nSPS) is 10.4. The maximum atomic E-state index is 10.5. The van der Waals surface area contributed by atoms with Gasteiger partial charge in [-0.15, -0.1) is 0 Å². The zero-order chi connectivity index (χ0) is 8.55. The number of aromatic nitrogens is 3. The molecule has 0 saturated heterocycles. The van der Waals surface area contributed by atoms with Crippen molar-refractivity contribution in [3.05, 3.63) is 23.2 Å². The van der Waals surface area contributed by atoms with Gasteiger partial charge in [0.05, 0.1) is 11.8 Å². The maximum Gasteiger partial charge on any atom is 0.170 e. The fourth-order valence-corrected chi connectivity index (χ4v) is 1.22. The highest BCUT2D eigenvalue weighted by Crippen LogP contribution is 2.15. The highest BCUT2D eigenvalue weighted by Gasteiger charge is 2.05. The van der Waals surface area contributed by atoms with E-state index in [1.165, 1.54) is 6.33 Å². The minimum absolute atomic E-state index is 0.263. The molecule has 2 aromatic heterocycles. The van der Waals surface area contributed by atoms with Crippen LogP contribution in [-0.4, -0.2) is 21.2 Å². The molecule has 2 aromatic rings. The Kier molecular flexibility index (Phi) is 1.55. The van der Waals surface area contributed by atoms with Crippen molar-refractivity contribution < 1.29 is 4.79 Å². The number of H-pyrrole nitrogens is 1. The Hall–Kier alpha value is -1.42. The molecule has 0 aromatic carbocycles. The predicted octanol–water partition coefficient (Wildman–Crippen LogP) is 1.42. The molecule has 0 spiro atoms. The number of nitrogens with one attached hydrogen (secondary N) is 1. The molecule has 0 bridgehead atoms. The number of fused-ring (bicyclic) bond motifs is 1. The molecule has 1 N–H and O–H groups in total. The van der Waals surface area contributed by atoms with Crippen molar-refractivity contribution in [2.75, 3.05) is 0 Å². The number of pyridine rings is 1. The van der Waals surface area contributed by atoms with Crippen LogP contribution in [0.2, 0.25) is 5.15 Å². The van der Waals surface area contributed by atoms with Crippen LogP contribution >= 0.6 is 11.6 Å². The number of carbonyl (C=O) groups excluding carboxylic acids is 1. The van der Waals surface area contributed by atoms with Gasteiger partial charge >= 0.3 is 0 Å². The van der Waals surface area contributed by atoms with Crippen LogP contribution < -0.4 is 0 Å². The van der Waals surface area contributed by atoms with Gasteiger partial charge < -0.3 is 4.98 Å². The molecule has 0 fully saturated rings. The lowest BCUT2D eigenvalue weighted by Gasteiger charge is -1.92. The van der Waals surface area contributed by atoms with Crippen LogP contribution in [-0.2, 0) is 0 Å². The second-order valence-electron chi connectivity index (χ2n) is 2.25. The van der Waals surface area contributed by atoms with Gasteiger partial charge in [-0.1, -0.05) is 11.6 Å². The van der Waals surface area contributed by atoms with E-state index in [4.69, 9.17) is 11.6 Å². The molecular formula is C7H4ClN3O. The van der Waals surface area contributed by atoms with Gasteiger partial charge in [0.2, 0.25) is 0 Å². The van der Waals surface area contributed by atoms with Crippen LogP contribution in [0.25, 0.3) is 11.0 Å². The Morgan fingerprint density at radius 2 is 2.42 bits per heavy atom. The van der Waals surface area contributed by atoms with Crippen molar-refractivity contribution in [2.24, 2.45) is 0 Å². The van der Waals surface area contributed by atoms with E-state index in [1.54, 1.807) is 6.07 Å². The van der Waals surface area contributed by atoms with E-state index in [0.29, 0.717) is 11.8 Å². The van der Waals surface area contributed by atoms with Crippen molar-refractivity contribution in [3.63, 3.8) is 0 Å². The fourth-order valence-electron chi connectivity index (χ4n) is 1.02. The van der Waals surface area contributed by atoms with Gasteiger partial charge in [-0.2, -0.15) is 0 Å². The number of rotatable bonds is 1. The molecule has 12 heavy (non-hydrogen) atoms. The van der Waals surface area contributed by atoms with Crippen LogP contribution in [0.1, 0.15) is 10.5 Å². The standard InChI is InChI=1S/C7H4ClN3O/c8-6-1-4-7(10-3-9-4)5(2-12)11-6/h1-3H,(H,9,10). The van der Waals surface area contributed by atoms with Gasteiger partial charge in [0.15, 0.2) is 6.29 Å². The lowest BCUT2D eigenvalue weighted by atomic mass is 10.3. The highest BCUT2D eigenvalue weighted by atomic mass is 35.5. The van der Waals surface area contributed by atoms with Gasteiger partial charge in [-0.3, -0.25) is 4.79 Å². The summed E-state index contributed by atoms with van der Waals surface area (Å²) < 4.78 is 0. The molecule has 0 amide bonds. The molecule has 0 aliphatic rings. The lowest BCUT2D eigenvalue weighted by Crippen LogP contribution is -1.88. The Balaban J connectivity index is 2.88. The minimum atomic E-state index is 0.263. The van der Waals surface area contributed by atoms with Crippen molar-refractivity contribution in [2.45, 2.75) is 0 Å². The largest absolute Gasteiger partial charge is 0.344 e. The average Bonchev–Trinajstić information content (AvgIpc) is 2.50. The van der Waals surface area contributed by atoms with Gasteiger partial charge in [0.1, 0.15) is 16.4 Å². The fraction of sp³-hybridized carbons (Fsp3) is 0. The Morgan fingerprint density at radius 3 is 3.17 bits per heavy atom. The first kappa shape index (κ1) is 7.24. The van der Waals surface area contributed by atoms with Crippen LogP contribution in [0, 0.1) is 0 Å². The number of hydrogen-bond donors (Lipinski definition) is 1. The maximum absolute atomic E-state index is 10.5. The number of aromatic amines is 1. The molecule has 0 atom stereocenters. The minimum Gasteiger partial charge on any atom is -0.344 e. The summed E-state index contributed by atoms with van der Waals surface area (Å²) in [6.07, 6.45) is 2.13. The van der Waals surface area contributed by atoms with E-state index in [-0.39, 0.29) is 10.8 Å². The first-order valence-corrected chi connectivity index (χ1v) is 3.64. The van der Waals surface area contributed by atoms with E-state index in [2.05, 4.69) is 15.0 Å². The first-order valence-electron chi connectivity index (χ1n) is 3.26. The molecule has 2 rings (SSSR count). The molecule has 2 heterocycles. The Morgan fingerprint density at radius 1 is 1.58 bits per heavy atom. The summed E-state index contributed by atoms with van der Waals surface area (Å²) in [5.74, 6) is 0. The first-order chi connectivity index (χ1) is 5.81. The molecule has 0 aliphatic heterocycles. The molecule has 0 saturated carbocycles. The summed E-state index contributed by atoms with van der Waals surface area (Å²) in [6, 6.07) is 1.62. The van der Waals surface area contributed by atoms with E-state index >= 15 is 0 Å². The van der Waals surface area contributed by atoms with Crippen LogP contribution in [0.5, 0.6) is 0 Å². The molecule has 0 radical (unpaired) electrons. The lowest BCUT2D eigenvalue weighted by molar-refractivity contribution is 0.112. The number of nitrogens with zero attached hydrogens (tertiary/aromatic N) is 2. The van der Waals surface area contributed by atoms with Gasteiger partial charge in [-0.25, -0.2) is 9.97 Å². The smallest absolute Gasteiger partial charge is 0.170 e. The van der Waals surface area contributed by atoms with E-state index in [0.717, 1.165) is 5.52 Å². The van der Waals surface area contributed by atoms with E-state index in [9.17, 15) is 4.79 Å². The summed E-state index contributed by atoms with van der Waals surface area (Å²) in [5.41, 5.74) is 1.53. The number of hydrogen-bond acceptors (Lipinski definition) is 3. The third kappa shape index (κ3) is 0.967. The highest BCUT2D eigenvalue weighted by molar-refractivity contribution is 6.30. The molecule has 60 valence electrons. The number of halogens is 1. The molecule has 5 heteroatoms. The van der Waals surface area contributed by atoms with Crippen molar-refractivity contribution in [3.8, 4) is 0 Å². The zero-order valence-corrected chi connectivity index (χ0v) is 6.67.